The van der Waals surface area contributed by atoms with Crippen LogP contribution in [0.25, 0.3) is 22.3 Å². The number of benzene rings is 1. The van der Waals surface area contributed by atoms with Crippen molar-refractivity contribution in [3.8, 4) is 11.4 Å². The van der Waals surface area contributed by atoms with E-state index in [1.165, 1.54) is 30.2 Å². The molecule has 9 nitrogen and oxygen atoms in total. The SMILES string of the molecule is CC1CC(/C=C/C(=O)O)=CC=C1NC(=O)C1(NC(=O)c2ccc3c(C4CCCCC4)c4n(c3c2)CCCc2ocnc2-4)CCCC1. The van der Waals surface area contributed by atoms with Crippen molar-refractivity contribution in [3.63, 3.8) is 0 Å². The maximum atomic E-state index is 14.0. The zero-order chi connectivity index (χ0) is 31.8. The van der Waals surface area contributed by atoms with Gasteiger partial charge < -0.3 is 24.7 Å². The number of hydrogen-bond donors (Lipinski definition) is 3. The van der Waals surface area contributed by atoms with Crippen molar-refractivity contribution in [3.05, 3.63) is 77.1 Å². The molecule has 4 aliphatic rings. The minimum absolute atomic E-state index is 0.00664. The van der Waals surface area contributed by atoms with Gasteiger partial charge in [-0.1, -0.05) is 57.2 Å². The Hall–Kier alpha value is -4.40. The van der Waals surface area contributed by atoms with E-state index in [0.717, 1.165) is 85.1 Å². The number of fused-ring (bicyclic) bond motifs is 5. The quantitative estimate of drug-likeness (QED) is 0.245. The van der Waals surface area contributed by atoms with E-state index in [9.17, 15) is 14.4 Å². The summed E-state index contributed by atoms with van der Waals surface area (Å²) in [5.74, 6) is -0.0169. The number of carboxylic acid groups (broad SMARTS) is 1. The van der Waals surface area contributed by atoms with E-state index in [1.807, 2.05) is 31.2 Å². The van der Waals surface area contributed by atoms with Crippen LogP contribution in [0.2, 0.25) is 0 Å². The van der Waals surface area contributed by atoms with E-state index >= 15 is 0 Å². The lowest BCUT2D eigenvalue weighted by molar-refractivity contribution is -0.131. The second-order valence-corrected chi connectivity index (χ2v) is 13.5. The molecule has 2 amide bonds. The minimum atomic E-state index is -0.990. The number of carboxylic acids is 1. The van der Waals surface area contributed by atoms with E-state index in [4.69, 9.17) is 14.5 Å². The Morgan fingerprint density at radius 1 is 1.07 bits per heavy atom. The fourth-order valence-corrected chi connectivity index (χ4v) is 8.14. The van der Waals surface area contributed by atoms with Crippen LogP contribution in [-0.2, 0) is 22.6 Å². The van der Waals surface area contributed by atoms with Crippen LogP contribution in [-0.4, -0.2) is 38.0 Å². The number of aliphatic carboxylic acids is 1. The lowest BCUT2D eigenvalue weighted by Gasteiger charge is -2.31. The summed E-state index contributed by atoms with van der Waals surface area (Å²) in [5, 5.41) is 16.4. The summed E-state index contributed by atoms with van der Waals surface area (Å²) in [5.41, 5.74) is 5.71. The molecular formula is C37H42N4O5. The standard InChI is InChI=1S/C37H42N4O5/c1-23-20-24(12-16-31(42)43)11-15-28(23)39-36(45)37(17-5-6-18-37)40-35(44)26-13-14-27-29(21-26)41-19-7-10-30-33(38-22-46-30)34(41)32(27)25-8-3-2-4-9-25/h11-16,21-23,25H,2-10,17-20H2,1H3,(H,39,45)(H,40,44)(H,42,43)/b16-12+. The average Bonchev–Trinajstić information content (AvgIpc) is 3.77. The molecule has 7 rings (SSSR count). The highest BCUT2D eigenvalue weighted by atomic mass is 16.4. The maximum absolute atomic E-state index is 14.0. The number of nitrogens with zero attached hydrogens (tertiary/aromatic N) is 2. The molecule has 2 aromatic heterocycles. The first-order valence-corrected chi connectivity index (χ1v) is 16.9. The van der Waals surface area contributed by atoms with Crippen LogP contribution < -0.4 is 10.6 Å². The van der Waals surface area contributed by atoms with Gasteiger partial charge in [0.1, 0.15) is 17.0 Å². The molecule has 0 spiro atoms. The molecule has 0 radical (unpaired) electrons. The van der Waals surface area contributed by atoms with Crippen LogP contribution >= 0.6 is 0 Å². The Kier molecular flexibility index (Phi) is 8.17. The largest absolute Gasteiger partial charge is 0.478 e. The summed E-state index contributed by atoms with van der Waals surface area (Å²) in [6.45, 7) is 2.84. The Morgan fingerprint density at radius 3 is 2.63 bits per heavy atom. The predicted molar refractivity (Wildman–Crippen MR) is 175 cm³/mol. The first-order valence-electron chi connectivity index (χ1n) is 16.9. The fourth-order valence-electron chi connectivity index (χ4n) is 8.14. The van der Waals surface area contributed by atoms with Crippen molar-refractivity contribution in [1.29, 1.82) is 0 Å². The Labute approximate surface area is 268 Å². The Morgan fingerprint density at radius 2 is 1.87 bits per heavy atom. The lowest BCUT2D eigenvalue weighted by atomic mass is 9.82. The number of amides is 2. The average molecular weight is 623 g/mol. The number of aromatic nitrogens is 2. The first-order chi connectivity index (χ1) is 22.3. The molecule has 1 aromatic carbocycles. The molecule has 3 aromatic rings. The highest BCUT2D eigenvalue weighted by Gasteiger charge is 2.43. The van der Waals surface area contributed by atoms with Crippen LogP contribution in [0.4, 0.5) is 0 Å². The van der Waals surface area contributed by atoms with Gasteiger partial charge in [-0.3, -0.25) is 9.59 Å². The summed E-state index contributed by atoms with van der Waals surface area (Å²) in [6, 6.07) is 6.03. The van der Waals surface area contributed by atoms with Crippen LogP contribution in [0.3, 0.4) is 0 Å². The molecule has 1 aliphatic heterocycles. The number of allylic oxidation sites excluding steroid dienone is 5. The highest BCUT2D eigenvalue weighted by Crippen LogP contribution is 2.46. The molecule has 9 heteroatoms. The summed E-state index contributed by atoms with van der Waals surface area (Å²) in [6.07, 6.45) is 19.3. The van der Waals surface area contributed by atoms with Crippen molar-refractivity contribution in [1.82, 2.24) is 20.2 Å². The third kappa shape index (κ3) is 5.60. The smallest absolute Gasteiger partial charge is 0.328 e. The normalized spacial score (nSPS) is 21.3. The minimum Gasteiger partial charge on any atom is -0.478 e. The zero-order valence-electron chi connectivity index (χ0n) is 26.4. The summed E-state index contributed by atoms with van der Waals surface area (Å²) < 4.78 is 8.18. The van der Waals surface area contributed by atoms with E-state index in [2.05, 4.69) is 21.3 Å². The van der Waals surface area contributed by atoms with Crippen molar-refractivity contribution in [2.45, 2.75) is 102 Å². The van der Waals surface area contributed by atoms with Crippen molar-refractivity contribution < 1.29 is 23.9 Å². The molecule has 0 bridgehead atoms. The maximum Gasteiger partial charge on any atom is 0.328 e. The number of carbonyl (C=O) groups excluding carboxylic acids is 2. The predicted octanol–water partition coefficient (Wildman–Crippen LogP) is 6.94. The molecule has 46 heavy (non-hydrogen) atoms. The van der Waals surface area contributed by atoms with E-state index < -0.39 is 11.5 Å². The molecule has 1 unspecified atom stereocenters. The van der Waals surface area contributed by atoms with Gasteiger partial charge in [-0.2, -0.15) is 0 Å². The zero-order valence-corrected chi connectivity index (χ0v) is 26.4. The fraction of sp³-hybridized carbons (Fsp3) is 0.459. The highest BCUT2D eigenvalue weighted by molar-refractivity contribution is 6.03. The topological polar surface area (TPSA) is 126 Å². The van der Waals surface area contributed by atoms with Crippen molar-refractivity contribution in [2.75, 3.05) is 0 Å². The molecule has 0 saturated heterocycles. The van der Waals surface area contributed by atoms with E-state index in [1.54, 1.807) is 12.5 Å². The van der Waals surface area contributed by atoms with Crippen LogP contribution in [0.15, 0.2) is 64.6 Å². The third-order valence-electron chi connectivity index (χ3n) is 10.5. The van der Waals surface area contributed by atoms with Gasteiger partial charge in [0.05, 0.1) is 5.69 Å². The van der Waals surface area contributed by atoms with Gasteiger partial charge in [0.25, 0.3) is 5.91 Å². The van der Waals surface area contributed by atoms with E-state index in [0.29, 0.717) is 30.7 Å². The van der Waals surface area contributed by atoms with Gasteiger partial charge in [-0.25, -0.2) is 9.78 Å². The van der Waals surface area contributed by atoms with Gasteiger partial charge >= 0.3 is 5.97 Å². The number of aryl methyl sites for hydroxylation is 2. The number of hydrogen-bond acceptors (Lipinski definition) is 5. The lowest BCUT2D eigenvalue weighted by Crippen LogP contribution is -2.57. The third-order valence-corrected chi connectivity index (χ3v) is 10.5. The molecule has 240 valence electrons. The van der Waals surface area contributed by atoms with Gasteiger partial charge in [-0.15, -0.1) is 0 Å². The molecule has 3 aliphatic carbocycles. The summed E-state index contributed by atoms with van der Waals surface area (Å²) >= 11 is 0. The Balaban J connectivity index is 1.18. The van der Waals surface area contributed by atoms with Crippen molar-refractivity contribution >= 4 is 28.7 Å². The molecular weight excluding hydrogens is 580 g/mol. The summed E-state index contributed by atoms with van der Waals surface area (Å²) in [7, 11) is 0. The van der Waals surface area contributed by atoms with Gasteiger partial charge in [0, 0.05) is 47.1 Å². The molecule has 3 heterocycles. The molecule has 2 saturated carbocycles. The molecule has 2 fully saturated rings. The van der Waals surface area contributed by atoms with Gasteiger partial charge in [0.2, 0.25) is 5.91 Å². The number of rotatable bonds is 7. The van der Waals surface area contributed by atoms with E-state index in [-0.39, 0.29) is 17.7 Å². The number of carbonyl (C=O) groups is 3. The number of oxazole rings is 1. The monoisotopic (exact) mass is 622 g/mol. The van der Waals surface area contributed by atoms with Gasteiger partial charge in [-0.05, 0) is 73.8 Å². The van der Waals surface area contributed by atoms with Crippen LogP contribution in [0, 0.1) is 5.92 Å². The summed E-state index contributed by atoms with van der Waals surface area (Å²) in [4.78, 5) is 43.4. The van der Waals surface area contributed by atoms with Crippen molar-refractivity contribution in [2.24, 2.45) is 5.92 Å². The second kappa shape index (κ2) is 12.4. The van der Waals surface area contributed by atoms with Gasteiger partial charge in [0.15, 0.2) is 6.39 Å². The Bertz CT molecular complexity index is 1780. The first kappa shape index (κ1) is 30.3. The second-order valence-electron chi connectivity index (χ2n) is 13.5. The molecule has 3 N–H and O–H groups in total. The van der Waals surface area contributed by atoms with Crippen LogP contribution in [0.1, 0.15) is 105 Å². The molecule has 1 atom stereocenters. The van der Waals surface area contributed by atoms with Crippen LogP contribution in [0.5, 0.6) is 0 Å². The number of nitrogens with one attached hydrogen (secondary N) is 2.